The smallest absolute Gasteiger partial charge is 0.375 e. The van der Waals surface area contributed by atoms with Crippen LogP contribution >= 0.6 is 0 Å². The lowest BCUT2D eigenvalue weighted by Gasteiger charge is -2.34. The van der Waals surface area contributed by atoms with Crippen molar-refractivity contribution in [3.8, 4) is 0 Å². The fourth-order valence-corrected chi connectivity index (χ4v) is 6.71. The van der Waals surface area contributed by atoms with Crippen LogP contribution < -0.4 is 15.5 Å². The van der Waals surface area contributed by atoms with Crippen LogP contribution in [0.25, 0.3) is 5.78 Å². The standard InChI is InChI=1S/C29H36F5N9O3/c1-16-14-42(8-9-46-16)24-20(11-18-10-19(29(32,33)34)13-35-25(18)44)40-43-15-21(37-27(43)39-24)23(17-4-3-6-28(30,31)12-17)38-26(45)22-5-7-36-41(22)2/h5,7,15-19,23H,3-4,6,8-14H2,1-2H3,(H,35,44)(H,38,45)/t16-,17-,18-,19+,23+/m1/s1. The van der Waals surface area contributed by atoms with Gasteiger partial charge in [0.2, 0.25) is 11.8 Å². The highest BCUT2D eigenvalue weighted by Gasteiger charge is 2.45. The van der Waals surface area contributed by atoms with E-state index in [2.05, 4.69) is 25.8 Å². The molecule has 3 aromatic heterocycles. The number of rotatable bonds is 7. The molecule has 1 saturated carbocycles. The van der Waals surface area contributed by atoms with Crippen molar-refractivity contribution in [2.24, 2.45) is 24.8 Å². The van der Waals surface area contributed by atoms with Gasteiger partial charge >= 0.3 is 6.18 Å². The predicted octanol–water partition coefficient (Wildman–Crippen LogP) is 3.24. The highest BCUT2D eigenvalue weighted by molar-refractivity contribution is 5.92. The van der Waals surface area contributed by atoms with Gasteiger partial charge in [-0.3, -0.25) is 14.3 Å². The molecule has 0 bridgehead atoms. The van der Waals surface area contributed by atoms with Crippen LogP contribution in [0.5, 0.6) is 0 Å². The molecule has 3 aliphatic rings. The van der Waals surface area contributed by atoms with Gasteiger partial charge in [-0.2, -0.15) is 28.4 Å². The number of nitrogens with zero attached hydrogens (tertiary/aromatic N) is 7. The van der Waals surface area contributed by atoms with Crippen LogP contribution in [0.2, 0.25) is 0 Å². The number of ether oxygens (including phenoxy) is 1. The Bertz CT molecular complexity index is 1590. The van der Waals surface area contributed by atoms with Gasteiger partial charge in [0.1, 0.15) is 11.4 Å². The van der Waals surface area contributed by atoms with Crippen molar-refractivity contribution in [1.29, 1.82) is 0 Å². The van der Waals surface area contributed by atoms with Crippen LogP contribution in [-0.4, -0.2) is 85.6 Å². The summed E-state index contributed by atoms with van der Waals surface area (Å²) in [5, 5.41) is 14.0. The number of anilines is 1. The number of halogens is 5. The van der Waals surface area contributed by atoms with Crippen LogP contribution in [0.1, 0.15) is 66.9 Å². The van der Waals surface area contributed by atoms with Gasteiger partial charge in [-0.15, -0.1) is 0 Å². The number of aryl methyl sites for hydroxylation is 1. The molecule has 0 spiro atoms. The van der Waals surface area contributed by atoms with E-state index in [9.17, 15) is 31.5 Å². The van der Waals surface area contributed by atoms with Gasteiger partial charge in [0.05, 0.1) is 36.6 Å². The highest BCUT2D eigenvalue weighted by atomic mass is 19.4. The lowest BCUT2D eigenvalue weighted by molar-refractivity contribution is -0.183. The average molecular weight is 654 g/mol. The first kappa shape index (κ1) is 32.1. The molecule has 1 aliphatic carbocycles. The molecule has 2 amide bonds. The summed E-state index contributed by atoms with van der Waals surface area (Å²) in [4.78, 5) is 37.3. The molecule has 250 valence electrons. The first-order valence-corrected chi connectivity index (χ1v) is 15.4. The number of carbonyl (C=O) groups excluding carboxylic acids is 2. The number of morpholine rings is 1. The van der Waals surface area contributed by atoms with Crippen LogP contribution in [0.15, 0.2) is 18.5 Å². The number of carbonyl (C=O) groups is 2. The molecule has 3 aromatic rings. The summed E-state index contributed by atoms with van der Waals surface area (Å²) in [6.07, 6.45) is -2.16. The fourth-order valence-electron chi connectivity index (χ4n) is 6.71. The number of hydrogen-bond donors (Lipinski definition) is 2. The Kier molecular flexibility index (Phi) is 8.63. The summed E-state index contributed by atoms with van der Waals surface area (Å²) in [5.74, 6) is -6.75. The zero-order chi connectivity index (χ0) is 32.8. The van der Waals surface area contributed by atoms with E-state index in [0.717, 1.165) is 0 Å². The number of hydrogen-bond acceptors (Lipinski definition) is 8. The Morgan fingerprint density at radius 3 is 2.78 bits per heavy atom. The minimum Gasteiger partial charge on any atom is -0.375 e. The van der Waals surface area contributed by atoms with E-state index in [0.29, 0.717) is 37.6 Å². The Morgan fingerprint density at radius 2 is 2.09 bits per heavy atom. The molecule has 5 atom stereocenters. The summed E-state index contributed by atoms with van der Waals surface area (Å²) in [5.41, 5.74) is 0.805. The van der Waals surface area contributed by atoms with E-state index < -0.39 is 60.7 Å². The van der Waals surface area contributed by atoms with Crippen LogP contribution in [0.3, 0.4) is 0 Å². The van der Waals surface area contributed by atoms with Gasteiger partial charge in [0.15, 0.2) is 5.82 Å². The molecular weight excluding hydrogens is 617 g/mol. The maximum Gasteiger partial charge on any atom is 0.393 e. The van der Waals surface area contributed by atoms with Crippen LogP contribution in [-0.2, 0) is 23.0 Å². The Hall–Kier alpha value is -3.89. The third-order valence-corrected chi connectivity index (χ3v) is 9.10. The predicted molar refractivity (Wildman–Crippen MR) is 153 cm³/mol. The SMILES string of the molecule is C[C@@H]1CN(c2nc3nc([C@@H](NC(=O)c4ccnn4C)[C@@H]4CCCC(F)(F)C4)cn3nc2C[C@H]2C[C@H](C(F)(F)F)CNC2=O)CCO1. The molecule has 5 heterocycles. The zero-order valence-corrected chi connectivity index (χ0v) is 25.4. The summed E-state index contributed by atoms with van der Waals surface area (Å²) < 4.78 is 78.4. The molecule has 2 aliphatic heterocycles. The second-order valence-corrected chi connectivity index (χ2v) is 12.5. The molecule has 12 nitrogen and oxygen atoms in total. The van der Waals surface area contributed by atoms with E-state index in [-0.39, 0.29) is 49.0 Å². The Balaban J connectivity index is 1.38. The molecule has 6 rings (SSSR count). The average Bonchev–Trinajstić information content (AvgIpc) is 3.61. The van der Waals surface area contributed by atoms with Crippen molar-refractivity contribution < 1.29 is 36.3 Å². The van der Waals surface area contributed by atoms with E-state index in [1.807, 2.05) is 11.8 Å². The van der Waals surface area contributed by atoms with E-state index in [4.69, 9.17) is 9.72 Å². The normalized spacial score (nSPS) is 26.2. The van der Waals surface area contributed by atoms with E-state index >= 15 is 0 Å². The Morgan fingerprint density at radius 1 is 1.28 bits per heavy atom. The summed E-state index contributed by atoms with van der Waals surface area (Å²) in [6.45, 7) is 2.63. The largest absolute Gasteiger partial charge is 0.393 e. The Labute approximate surface area is 261 Å². The van der Waals surface area contributed by atoms with Gasteiger partial charge in [-0.1, -0.05) is 0 Å². The number of imidazole rings is 1. The van der Waals surface area contributed by atoms with E-state index in [1.54, 1.807) is 7.05 Å². The van der Waals surface area contributed by atoms with Gasteiger partial charge in [0.25, 0.3) is 11.7 Å². The first-order valence-electron chi connectivity index (χ1n) is 15.4. The van der Waals surface area contributed by atoms with Crippen molar-refractivity contribution in [1.82, 2.24) is 40.0 Å². The van der Waals surface area contributed by atoms with Gasteiger partial charge < -0.3 is 20.3 Å². The number of aromatic nitrogens is 6. The van der Waals surface area contributed by atoms with Gasteiger partial charge in [-0.05, 0) is 38.2 Å². The van der Waals surface area contributed by atoms with Crippen molar-refractivity contribution in [3.63, 3.8) is 0 Å². The topological polar surface area (TPSA) is 132 Å². The minimum absolute atomic E-state index is 0.106. The number of nitrogens with one attached hydrogen (secondary N) is 2. The maximum absolute atomic E-state index is 14.6. The number of amides is 2. The van der Waals surface area contributed by atoms with E-state index in [1.165, 1.54) is 27.7 Å². The summed E-state index contributed by atoms with van der Waals surface area (Å²) >= 11 is 0. The summed E-state index contributed by atoms with van der Waals surface area (Å²) in [7, 11) is 1.59. The highest BCUT2D eigenvalue weighted by Crippen LogP contribution is 2.42. The fraction of sp³-hybridized carbons (Fsp3) is 0.655. The molecule has 17 heteroatoms. The molecule has 2 N–H and O–H groups in total. The molecule has 46 heavy (non-hydrogen) atoms. The number of piperidine rings is 1. The number of alkyl halides is 5. The van der Waals surface area contributed by atoms with Gasteiger partial charge in [-0.25, -0.2) is 18.3 Å². The third-order valence-electron chi connectivity index (χ3n) is 9.10. The molecule has 0 unspecified atom stereocenters. The van der Waals surface area contributed by atoms with Crippen LogP contribution in [0.4, 0.5) is 27.8 Å². The quantitative estimate of drug-likeness (QED) is 0.372. The molecular formula is C29H36F5N9O3. The molecule has 3 fully saturated rings. The lowest BCUT2D eigenvalue weighted by Crippen LogP contribution is -2.47. The first-order chi connectivity index (χ1) is 21.8. The summed E-state index contributed by atoms with van der Waals surface area (Å²) in [6, 6.07) is 0.602. The van der Waals surface area contributed by atoms with Crippen molar-refractivity contribution in [2.75, 3.05) is 31.1 Å². The molecule has 0 radical (unpaired) electrons. The second kappa shape index (κ2) is 12.4. The minimum atomic E-state index is -4.46. The molecule has 0 aromatic carbocycles. The monoisotopic (exact) mass is 653 g/mol. The van der Waals surface area contributed by atoms with Crippen molar-refractivity contribution in [3.05, 3.63) is 35.5 Å². The second-order valence-electron chi connectivity index (χ2n) is 12.5. The van der Waals surface area contributed by atoms with Crippen molar-refractivity contribution >= 4 is 23.4 Å². The zero-order valence-electron chi connectivity index (χ0n) is 25.4. The van der Waals surface area contributed by atoms with Crippen molar-refractivity contribution in [2.45, 2.75) is 69.7 Å². The van der Waals surface area contributed by atoms with Crippen LogP contribution in [0, 0.1) is 17.8 Å². The molecule has 2 saturated heterocycles. The lowest BCUT2D eigenvalue weighted by atomic mass is 9.80. The number of fused-ring (bicyclic) bond motifs is 1. The third kappa shape index (κ3) is 6.78. The van der Waals surface area contributed by atoms with Gasteiger partial charge in [0, 0.05) is 58.1 Å². The maximum atomic E-state index is 14.6.